The second-order valence-electron chi connectivity index (χ2n) is 7.24. The Morgan fingerprint density at radius 2 is 1.80 bits per heavy atom. The lowest BCUT2D eigenvalue weighted by molar-refractivity contribution is 0.0689. The monoisotopic (exact) mass is 403 g/mol. The highest BCUT2D eigenvalue weighted by Gasteiger charge is 2.33. The number of carbonyl (C=O) groups is 1. The number of nitrogens with zero attached hydrogens (tertiary/aromatic N) is 2. The van der Waals surface area contributed by atoms with Gasteiger partial charge in [-0.05, 0) is 38.5 Å². The van der Waals surface area contributed by atoms with Gasteiger partial charge in [0.25, 0.3) is 5.91 Å². The molecule has 1 unspecified atom stereocenters. The minimum Gasteiger partial charge on any atom is -0.507 e. The average Bonchev–Trinajstić information content (AvgIpc) is 2.70. The molecule has 0 aliphatic carbocycles. The Balaban J connectivity index is 1.84. The van der Waals surface area contributed by atoms with Gasteiger partial charge in [0.05, 0.1) is 11.3 Å². The van der Waals surface area contributed by atoms with Gasteiger partial charge in [-0.25, -0.2) is 9.80 Å². The Hall–Kier alpha value is -3.87. The van der Waals surface area contributed by atoms with E-state index in [2.05, 4.69) is 10.4 Å². The van der Waals surface area contributed by atoms with E-state index in [1.807, 2.05) is 43.3 Å². The van der Waals surface area contributed by atoms with E-state index in [9.17, 15) is 14.7 Å². The van der Waals surface area contributed by atoms with Gasteiger partial charge >= 0.3 is 5.63 Å². The molecule has 1 aliphatic rings. The number of hydrogen-bond acceptors (Lipinski definition) is 6. The highest BCUT2D eigenvalue weighted by Crippen LogP contribution is 2.33. The first-order valence-electron chi connectivity index (χ1n) is 9.50. The molecule has 1 aromatic heterocycles. The van der Waals surface area contributed by atoms with Crippen molar-refractivity contribution < 1.29 is 14.3 Å². The molecule has 7 nitrogen and oxygen atoms in total. The van der Waals surface area contributed by atoms with Gasteiger partial charge in [0, 0.05) is 11.8 Å². The standard InChI is InChI=1S/C23H21N3O4/c1-13-8-10-16(11-9-13)21-24-18-7-5-4-6-17(18)22(28)26(21)25-15(3)20-19(27)12-14(2)30-23(20)29/h4-12,21,24,27H,1-3H3/b25-15+. The SMILES string of the molecule is C/C(=N\N1C(=O)c2ccccc2NC1c1ccc(C)cc1)c1c(O)cc(C)oc1=O. The number of nitrogens with one attached hydrogen (secondary N) is 1. The molecule has 7 heteroatoms. The molecule has 0 fully saturated rings. The quantitative estimate of drug-likeness (QED) is 0.646. The summed E-state index contributed by atoms with van der Waals surface area (Å²) in [7, 11) is 0. The normalized spacial score (nSPS) is 16.2. The van der Waals surface area contributed by atoms with E-state index in [1.54, 1.807) is 26.0 Å². The van der Waals surface area contributed by atoms with Crippen LogP contribution in [0.1, 0.15) is 45.9 Å². The Morgan fingerprint density at radius 1 is 1.10 bits per heavy atom. The predicted octanol–water partition coefficient (Wildman–Crippen LogP) is 3.95. The molecule has 152 valence electrons. The molecule has 0 bridgehead atoms. The molecule has 1 atom stereocenters. The maximum absolute atomic E-state index is 13.3. The fraction of sp³-hybridized carbons (Fsp3) is 0.174. The summed E-state index contributed by atoms with van der Waals surface area (Å²) in [5, 5.41) is 19.3. The van der Waals surface area contributed by atoms with Gasteiger partial charge in [-0.15, -0.1) is 0 Å². The van der Waals surface area contributed by atoms with Crippen molar-refractivity contribution in [1.82, 2.24) is 5.01 Å². The van der Waals surface area contributed by atoms with Crippen LogP contribution in [0.4, 0.5) is 5.69 Å². The van der Waals surface area contributed by atoms with E-state index < -0.39 is 11.8 Å². The van der Waals surface area contributed by atoms with Crippen molar-refractivity contribution >= 4 is 17.3 Å². The lowest BCUT2D eigenvalue weighted by atomic mass is 10.0. The van der Waals surface area contributed by atoms with Crippen LogP contribution >= 0.6 is 0 Å². The van der Waals surface area contributed by atoms with Gasteiger partial charge in [-0.3, -0.25) is 4.79 Å². The van der Waals surface area contributed by atoms with Crippen LogP contribution in [0.25, 0.3) is 0 Å². The van der Waals surface area contributed by atoms with Crippen molar-refractivity contribution in [2.75, 3.05) is 5.32 Å². The van der Waals surface area contributed by atoms with Crippen LogP contribution in [0, 0.1) is 13.8 Å². The van der Waals surface area contributed by atoms with Gasteiger partial charge in [-0.1, -0.05) is 42.0 Å². The number of para-hydroxylation sites is 1. The van der Waals surface area contributed by atoms with Crippen molar-refractivity contribution in [3.63, 3.8) is 0 Å². The smallest absolute Gasteiger partial charge is 0.348 e. The third-order valence-corrected chi connectivity index (χ3v) is 4.97. The zero-order valence-electron chi connectivity index (χ0n) is 16.8. The van der Waals surface area contributed by atoms with E-state index >= 15 is 0 Å². The van der Waals surface area contributed by atoms with Crippen molar-refractivity contribution in [3.05, 3.63) is 93.0 Å². The molecule has 4 rings (SSSR count). The largest absolute Gasteiger partial charge is 0.507 e. The zero-order chi connectivity index (χ0) is 21.4. The maximum Gasteiger partial charge on any atom is 0.348 e. The Labute approximate surface area is 173 Å². The summed E-state index contributed by atoms with van der Waals surface area (Å²) in [5.74, 6) is -0.267. The molecule has 3 aromatic rings. The van der Waals surface area contributed by atoms with Gasteiger partial charge in [0.15, 0.2) is 6.17 Å². The lowest BCUT2D eigenvalue weighted by Crippen LogP contribution is -2.40. The summed E-state index contributed by atoms with van der Waals surface area (Å²) in [6.07, 6.45) is -0.581. The molecule has 0 spiro atoms. The van der Waals surface area contributed by atoms with E-state index in [-0.39, 0.29) is 28.7 Å². The fourth-order valence-electron chi connectivity index (χ4n) is 3.46. The minimum atomic E-state index is -0.710. The van der Waals surface area contributed by atoms with Crippen molar-refractivity contribution in [1.29, 1.82) is 0 Å². The molecular formula is C23H21N3O4. The molecule has 2 heterocycles. The topological polar surface area (TPSA) is 95.1 Å². The number of hydrazone groups is 1. The molecule has 2 N–H and O–H groups in total. The Morgan fingerprint density at radius 3 is 2.50 bits per heavy atom. The number of hydrogen-bond donors (Lipinski definition) is 2. The van der Waals surface area contributed by atoms with Gasteiger partial charge < -0.3 is 14.8 Å². The molecule has 1 amide bonds. The number of rotatable bonds is 3. The first-order chi connectivity index (χ1) is 14.3. The van der Waals surface area contributed by atoms with E-state index in [0.717, 1.165) is 11.1 Å². The molecular weight excluding hydrogens is 382 g/mol. The van der Waals surface area contributed by atoms with Crippen LogP contribution < -0.4 is 10.9 Å². The number of carbonyl (C=O) groups excluding carboxylic acids is 1. The average molecular weight is 403 g/mol. The summed E-state index contributed by atoms with van der Waals surface area (Å²) < 4.78 is 5.09. The van der Waals surface area contributed by atoms with Crippen LogP contribution in [0.5, 0.6) is 5.75 Å². The van der Waals surface area contributed by atoms with Gasteiger partial charge in [0.1, 0.15) is 17.1 Å². The molecule has 0 radical (unpaired) electrons. The van der Waals surface area contributed by atoms with E-state index in [1.165, 1.54) is 11.1 Å². The van der Waals surface area contributed by atoms with Crippen LogP contribution in [0.3, 0.4) is 0 Å². The number of aryl methyl sites for hydroxylation is 2. The van der Waals surface area contributed by atoms with Crippen LogP contribution in [0.15, 0.2) is 68.9 Å². The number of benzene rings is 2. The zero-order valence-corrected chi connectivity index (χ0v) is 16.8. The second kappa shape index (κ2) is 7.51. The third-order valence-electron chi connectivity index (χ3n) is 4.97. The summed E-state index contributed by atoms with van der Waals surface area (Å²) >= 11 is 0. The molecule has 2 aromatic carbocycles. The predicted molar refractivity (Wildman–Crippen MR) is 114 cm³/mol. The number of fused-ring (bicyclic) bond motifs is 1. The molecule has 30 heavy (non-hydrogen) atoms. The highest BCUT2D eigenvalue weighted by molar-refractivity contribution is 6.04. The lowest BCUT2D eigenvalue weighted by Gasteiger charge is -2.35. The van der Waals surface area contributed by atoms with Gasteiger partial charge in [0.2, 0.25) is 0 Å². The van der Waals surface area contributed by atoms with Gasteiger partial charge in [-0.2, -0.15) is 5.10 Å². The van der Waals surface area contributed by atoms with Crippen molar-refractivity contribution in [3.8, 4) is 5.75 Å². The number of aromatic hydroxyl groups is 1. The van der Waals surface area contributed by atoms with E-state index in [0.29, 0.717) is 11.3 Å². The van der Waals surface area contributed by atoms with Crippen molar-refractivity contribution in [2.45, 2.75) is 26.9 Å². The molecule has 0 saturated heterocycles. The maximum atomic E-state index is 13.3. The minimum absolute atomic E-state index is 0.0742. The summed E-state index contributed by atoms with van der Waals surface area (Å²) in [6, 6.07) is 16.3. The number of anilines is 1. The summed E-state index contributed by atoms with van der Waals surface area (Å²) in [6.45, 7) is 5.11. The van der Waals surface area contributed by atoms with Crippen molar-refractivity contribution in [2.24, 2.45) is 5.10 Å². The third kappa shape index (κ3) is 3.45. The van der Waals surface area contributed by atoms with E-state index in [4.69, 9.17) is 4.42 Å². The van der Waals surface area contributed by atoms with Crippen LogP contribution in [-0.2, 0) is 0 Å². The second-order valence-corrected chi connectivity index (χ2v) is 7.24. The summed E-state index contributed by atoms with van der Waals surface area (Å²) in [5.41, 5.74) is 2.49. The first kappa shape index (κ1) is 19.4. The van der Waals surface area contributed by atoms with Crippen LogP contribution in [0.2, 0.25) is 0 Å². The first-order valence-corrected chi connectivity index (χ1v) is 9.50. The molecule has 1 aliphatic heterocycles. The number of amides is 1. The summed E-state index contributed by atoms with van der Waals surface area (Å²) in [4.78, 5) is 25.6. The fourth-order valence-corrected chi connectivity index (χ4v) is 3.46. The molecule has 0 saturated carbocycles. The Kier molecular flexibility index (Phi) is 4.87. The Bertz CT molecular complexity index is 1210. The van der Waals surface area contributed by atoms with Crippen LogP contribution in [-0.4, -0.2) is 21.7 Å². The highest BCUT2D eigenvalue weighted by atomic mass is 16.4.